The first kappa shape index (κ1) is 21.9. The van der Waals surface area contributed by atoms with Crippen molar-refractivity contribution in [1.29, 1.82) is 0 Å². The van der Waals surface area contributed by atoms with Crippen LogP contribution in [0.5, 0.6) is 0 Å². The van der Waals surface area contributed by atoms with Gasteiger partial charge in [0.2, 0.25) is 11.8 Å². The van der Waals surface area contributed by atoms with Gasteiger partial charge in [0, 0.05) is 26.2 Å². The number of hydrogen-bond acceptors (Lipinski definition) is 7. The fraction of sp³-hybridized carbons (Fsp3) is 0.348. The molecule has 4 rings (SSSR count). The molecule has 0 aliphatic carbocycles. The zero-order chi connectivity index (χ0) is 21.5. The van der Waals surface area contributed by atoms with E-state index in [0.29, 0.717) is 22.6 Å². The lowest BCUT2D eigenvalue weighted by atomic mass is 9.96. The lowest BCUT2D eigenvalue weighted by Crippen LogP contribution is -2.50. The highest BCUT2D eigenvalue weighted by Gasteiger charge is 2.28. The van der Waals surface area contributed by atoms with Gasteiger partial charge >= 0.3 is 0 Å². The molecular weight excluding hydrogens is 428 g/mol. The highest BCUT2D eigenvalue weighted by atomic mass is 32.2. The third-order valence-corrected chi connectivity index (χ3v) is 6.64. The van der Waals surface area contributed by atoms with Crippen molar-refractivity contribution in [2.24, 2.45) is 0 Å². The highest BCUT2D eigenvalue weighted by molar-refractivity contribution is 7.99. The van der Waals surface area contributed by atoms with Crippen molar-refractivity contribution in [2.75, 3.05) is 38.2 Å². The molecule has 0 unspecified atom stereocenters. The molecule has 0 radical (unpaired) electrons. The van der Waals surface area contributed by atoms with Crippen molar-refractivity contribution < 1.29 is 9.21 Å². The van der Waals surface area contributed by atoms with Crippen LogP contribution in [0.15, 0.2) is 70.3 Å². The number of rotatable bonds is 8. The van der Waals surface area contributed by atoms with Gasteiger partial charge in [-0.2, -0.15) is 11.8 Å². The van der Waals surface area contributed by atoms with E-state index in [1.54, 1.807) is 11.8 Å². The second kappa shape index (κ2) is 10.8. The van der Waals surface area contributed by atoms with Gasteiger partial charge in [-0.1, -0.05) is 72.4 Å². The molecule has 6 nitrogen and oxygen atoms in total. The summed E-state index contributed by atoms with van der Waals surface area (Å²) >= 11 is 2.94. The number of benzene rings is 2. The SMILES string of the molecule is CSCc1nnc(SCC(=O)N2CCN(C(c3ccccc3)c3ccccc3)CC2)o1. The van der Waals surface area contributed by atoms with Crippen molar-refractivity contribution in [3.05, 3.63) is 77.7 Å². The molecule has 3 aromatic rings. The first-order valence-corrected chi connectivity index (χ1v) is 12.7. The number of thioether (sulfide) groups is 2. The summed E-state index contributed by atoms with van der Waals surface area (Å²) in [5, 5.41) is 8.46. The lowest BCUT2D eigenvalue weighted by Gasteiger charge is -2.39. The summed E-state index contributed by atoms with van der Waals surface area (Å²) in [7, 11) is 0. The van der Waals surface area contributed by atoms with Crippen LogP contribution in [0, 0.1) is 0 Å². The van der Waals surface area contributed by atoms with E-state index in [-0.39, 0.29) is 11.9 Å². The summed E-state index contributed by atoms with van der Waals surface area (Å²) in [6.07, 6.45) is 1.99. The summed E-state index contributed by atoms with van der Waals surface area (Å²) < 4.78 is 5.55. The normalized spacial score (nSPS) is 14.8. The van der Waals surface area contributed by atoms with E-state index in [1.165, 1.54) is 22.9 Å². The number of nitrogens with zero attached hydrogens (tertiary/aromatic N) is 4. The monoisotopic (exact) mass is 454 g/mol. The molecule has 0 saturated carbocycles. The van der Waals surface area contributed by atoms with Crippen LogP contribution in [-0.2, 0) is 10.5 Å². The van der Waals surface area contributed by atoms with Gasteiger partial charge in [-0.3, -0.25) is 9.69 Å². The molecule has 8 heteroatoms. The Balaban J connectivity index is 1.35. The maximum absolute atomic E-state index is 12.7. The van der Waals surface area contributed by atoms with Gasteiger partial charge in [-0.25, -0.2) is 0 Å². The molecule has 162 valence electrons. The van der Waals surface area contributed by atoms with Crippen LogP contribution in [0.25, 0.3) is 0 Å². The molecular formula is C23H26N4O2S2. The largest absolute Gasteiger partial charge is 0.415 e. The van der Waals surface area contributed by atoms with Crippen LogP contribution in [0.4, 0.5) is 0 Å². The van der Waals surface area contributed by atoms with Crippen LogP contribution >= 0.6 is 23.5 Å². The minimum atomic E-state index is 0.116. The molecule has 1 aliphatic rings. The summed E-state index contributed by atoms with van der Waals surface area (Å²) in [4.78, 5) is 17.1. The third-order valence-electron chi connectivity index (χ3n) is 5.30. The van der Waals surface area contributed by atoms with E-state index in [9.17, 15) is 4.79 Å². The first-order chi connectivity index (χ1) is 15.2. The first-order valence-electron chi connectivity index (χ1n) is 10.3. The molecule has 1 amide bonds. The zero-order valence-electron chi connectivity index (χ0n) is 17.5. The molecule has 31 heavy (non-hydrogen) atoms. The van der Waals surface area contributed by atoms with Gasteiger partial charge in [0.1, 0.15) is 0 Å². The highest BCUT2D eigenvalue weighted by Crippen LogP contribution is 2.29. The average molecular weight is 455 g/mol. The van der Waals surface area contributed by atoms with Crippen molar-refractivity contribution in [3.8, 4) is 0 Å². The molecule has 0 spiro atoms. The average Bonchev–Trinajstić information content (AvgIpc) is 3.27. The summed E-state index contributed by atoms with van der Waals surface area (Å²) in [6, 6.07) is 21.4. The number of aromatic nitrogens is 2. The van der Waals surface area contributed by atoms with Crippen molar-refractivity contribution in [2.45, 2.75) is 17.0 Å². The Morgan fingerprint density at radius 1 is 0.968 bits per heavy atom. The van der Waals surface area contributed by atoms with E-state index in [1.807, 2.05) is 23.3 Å². The second-order valence-corrected chi connectivity index (χ2v) is 9.12. The van der Waals surface area contributed by atoms with Gasteiger partial charge in [0.05, 0.1) is 17.5 Å². The molecule has 1 aliphatic heterocycles. The topological polar surface area (TPSA) is 62.5 Å². The molecule has 0 N–H and O–H groups in total. The predicted molar refractivity (Wildman–Crippen MR) is 125 cm³/mol. The Labute approximate surface area is 191 Å². The molecule has 1 aromatic heterocycles. The molecule has 2 aromatic carbocycles. The smallest absolute Gasteiger partial charge is 0.277 e. The summed E-state index contributed by atoms with van der Waals surface area (Å²) in [5.41, 5.74) is 2.56. The van der Waals surface area contributed by atoms with E-state index in [4.69, 9.17) is 4.42 Å². The number of hydrogen-bond donors (Lipinski definition) is 0. The predicted octanol–water partition coefficient (Wildman–Crippen LogP) is 3.96. The van der Waals surface area contributed by atoms with Gasteiger partial charge in [0.15, 0.2) is 0 Å². The van der Waals surface area contributed by atoms with Crippen LogP contribution < -0.4 is 0 Å². The van der Waals surface area contributed by atoms with Crippen molar-refractivity contribution in [1.82, 2.24) is 20.0 Å². The minimum absolute atomic E-state index is 0.116. The van der Waals surface area contributed by atoms with Crippen LogP contribution in [-0.4, -0.2) is 64.1 Å². The van der Waals surface area contributed by atoms with E-state index < -0.39 is 0 Å². The maximum Gasteiger partial charge on any atom is 0.277 e. The zero-order valence-corrected chi connectivity index (χ0v) is 19.1. The summed E-state index contributed by atoms with van der Waals surface area (Å²) in [6.45, 7) is 3.11. The molecule has 2 heterocycles. The van der Waals surface area contributed by atoms with E-state index in [0.717, 1.165) is 26.2 Å². The molecule has 1 fully saturated rings. The second-order valence-electron chi connectivity index (χ2n) is 7.32. The van der Waals surface area contributed by atoms with Crippen LogP contribution in [0.2, 0.25) is 0 Å². The molecule has 1 saturated heterocycles. The van der Waals surface area contributed by atoms with E-state index >= 15 is 0 Å². The van der Waals surface area contributed by atoms with E-state index in [2.05, 4.69) is 63.6 Å². The number of piperazine rings is 1. The fourth-order valence-corrected chi connectivity index (χ4v) is 4.85. The minimum Gasteiger partial charge on any atom is -0.415 e. The van der Waals surface area contributed by atoms with Crippen molar-refractivity contribution >= 4 is 29.4 Å². The summed E-state index contributed by atoms with van der Waals surface area (Å²) in [5.74, 6) is 1.73. The Morgan fingerprint density at radius 3 is 2.16 bits per heavy atom. The Kier molecular flexibility index (Phi) is 7.66. The Bertz CT molecular complexity index is 920. The fourth-order valence-electron chi connectivity index (χ4n) is 3.81. The van der Waals surface area contributed by atoms with Gasteiger partial charge in [0.25, 0.3) is 5.22 Å². The number of amides is 1. The number of carbonyl (C=O) groups is 1. The van der Waals surface area contributed by atoms with Crippen LogP contribution in [0.3, 0.4) is 0 Å². The molecule has 0 bridgehead atoms. The van der Waals surface area contributed by atoms with Gasteiger partial charge in [-0.15, -0.1) is 10.2 Å². The number of carbonyl (C=O) groups excluding carboxylic acids is 1. The third kappa shape index (κ3) is 5.70. The van der Waals surface area contributed by atoms with Crippen molar-refractivity contribution in [3.63, 3.8) is 0 Å². The van der Waals surface area contributed by atoms with Crippen LogP contribution in [0.1, 0.15) is 23.1 Å². The standard InChI is InChI=1S/C23H26N4O2S2/c1-30-16-20-24-25-23(29-20)31-17-21(28)26-12-14-27(15-13-26)22(18-8-4-2-5-9-18)19-10-6-3-7-11-19/h2-11,22H,12-17H2,1H3. The Morgan fingerprint density at radius 2 is 1.58 bits per heavy atom. The maximum atomic E-state index is 12.7. The quantitative estimate of drug-likeness (QED) is 0.478. The van der Waals surface area contributed by atoms with Gasteiger partial charge < -0.3 is 9.32 Å². The Hall–Kier alpha value is -2.29. The van der Waals surface area contributed by atoms with Gasteiger partial charge in [-0.05, 0) is 17.4 Å². The lowest BCUT2D eigenvalue weighted by molar-refractivity contribution is -0.130. The molecule has 0 atom stereocenters.